The Morgan fingerprint density at radius 2 is 1.75 bits per heavy atom. The third-order valence-electron chi connectivity index (χ3n) is 3.10. The van der Waals surface area contributed by atoms with E-state index in [-0.39, 0.29) is 11.3 Å². The number of nitrogens with zero attached hydrogens (tertiary/aromatic N) is 1. The van der Waals surface area contributed by atoms with Crippen LogP contribution in [0.25, 0.3) is 0 Å². The minimum absolute atomic E-state index is 0.101. The van der Waals surface area contributed by atoms with Crippen LogP contribution in [-0.2, 0) is 16.2 Å². The Bertz CT molecular complexity index is 895. The molecule has 0 aromatic heterocycles. The second-order valence-corrected chi connectivity index (χ2v) is 6.48. The summed E-state index contributed by atoms with van der Waals surface area (Å²) < 4.78 is 64.8. The van der Waals surface area contributed by atoms with Gasteiger partial charge in [-0.2, -0.15) is 13.2 Å². The summed E-state index contributed by atoms with van der Waals surface area (Å²) in [7, 11) is -4.44. The molecule has 0 amide bonds. The summed E-state index contributed by atoms with van der Waals surface area (Å²) in [5, 5.41) is 11.0. The molecule has 24 heavy (non-hydrogen) atoms. The van der Waals surface area contributed by atoms with E-state index in [4.69, 9.17) is 0 Å². The second kappa shape index (κ2) is 6.11. The molecule has 0 spiro atoms. The van der Waals surface area contributed by atoms with Gasteiger partial charge in [0.05, 0.1) is 10.5 Å². The number of benzene rings is 2. The first-order valence-electron chi connectivity index (χ1n) is 6.46. The number of alkyl halides is 3. The molecule has 0 saturated heterocycles. The molecule has 2 aromatic carbocycles. The molecular weight excluding hydrogens is 349 g/mol. The number of nitro benzene ring substituents is 1. The molecule has 0 bridgehead atoms. The Balaban J connectivity index is 2.50. The van der Waals surface area contributed by atoms with Gasteiger partial charge >= 0.3 is 6.18 Å². The van der Waals surface area contributed by atoms with Gasteiger partial charge in [-0.1, -0.05) is 18.2 Å². The molecule has 0 saturated carbocycles. The van der Waals surface area contributed by atoms with Crippen LogP contribution in [0.5, 0.6) is 0 Å². The summed E-state index contributed by atoms with van der Waals surface area (Å²) in [4.78, 5) is 9.57. The summed E-state index contributed by atoms with van der Waals surface area (Å²) in [5.74, 6) is 0. The molecule has 0 atom stereocenters. The van der Waals surface area contributed by atoms with E-state index in [1.165, 1.54) is 19.1 Å². The fourth-order valence-electron chi connectivity index (χ4n) is 2.10. The van der Waals surface area contributed by atoms with E-state index in [9.17, 15) is 31.7 Å². The highest BCUT2D eigenvalue weighted by Gasteiger charge is 2.32. The van der Waals surface area contributed by atoms with Crippen molar-refractivity contribution in [1.82, 2.24) is 0 Å². The zero-order chi connectivity index (χ0) is 18.1. The first-order chi connectivity index (χ1) is 11.0. The number of hydrogen-bond acceptors (Lipinski definition) is 4. The molecule has 0 aliphatic heterocycles. The Hall–Kier alpha value is -2.62. The van der Waals surface area contributed by atoms with Crippen molar-refractivity contribution in [3.8, 4) is 0 Å². The fourth-order valence-corrected chi connectivity index (χ4v) is 3.54. The lowest BCUT2D eigenvalue weighted by Crippen LogP contribution is -2.16. The van der Waals surface area contributed by atoms with Gasteiger partial charge < -0.3 is 0 Å². The number of hydrogen-bond donors (Lipinski definition) is 1. The van der Waals surface area contributed by atoms with Gasteiger partial charge in [0.15, 0.2) is 4.90 Å². The minimum atomic E-state index is -4.64. The normalized spacial score (nSPS) is 12.0. The van der Waals surface area contributed by atoms with Crippen LogP contribution in [0.1, 0.15) is 11.1 Å². The molecule has 6 nitrogen and oxygen atoms in total. The van der Waals surface area contributed by atoms with Crippen molar-refractivity contribution in [2.75, 3.05) is 4.72 Å². The van der Waals surface area contributed by atoms with Gasteiger partial charge in [0, 0.05) is 11.8 Å². The standard InChI is InChI=1S/C14H11F3N2O4S/c1-9-4-2-7-12(19(20)21)13(9)24(22,23)18-11-6-3-5-10(8-11)14(15,16)17/h2-8,18H,1H3. The highest BCUT2D eigenvalue weighted by Crippen LogP contribution is 2.32. The van der Waals surface area contributed by atoms with Crippen LogP contribution in [0, 0.1) is 17.0 Å². The Labute approximate surface area is 135 Å². The van der Waals surface area contributed by atoms with E-state index in [0.717, 1.165) is 24.3 Å². The summed E-state index contributed by atoms with van der Waals surface area (Å²) in [5.41, 5.74) is -1.94. The van der Waals surface area contributed by atoms with Crippen molar-refractivity contribution in [3.05, 3.63) is 63.7 Å². The summed E-state index contributed by atoms with van der Waals surface area (Å²) in [6.45, 7) is 1.35. The first kappa shape index (κ1) is 17.7. The monoisotopic (exact) mass is 360 g/mol. The molecule has 2 rings (SSSR count). The summed E-state index contributed by atoms with van der Waals surface area (Å²) in [6, 6.07) is 7.23. The van der Waals surface area contributed by atoms with Gasteiger partial charge in [0.1, 0.15) is 0 Å². The molecule has 2 aromatic rings. The first-order valence-corrected chi connectivity index (χ1v) is 7.95. The van der Waals surface area contributed by atoms with Gasteiger partial charge in [0.25, 0.3) is 15.7 Å². The lowest BCUT2D eigenvalue weighted by Gasteiger charge is -2.12. The maximum atomic E-state index is 12.7. The number of nitro groups is 1. The van der Waals surface area contributed by atoms with E-state index < -0.39 is 37.3 Å². The van der Waals surface area contributed by atoms with Crippen LogP contribution in [0.3, 0.4) is 0 Å². The van der Waals surface area contributed by atoms with Gasteiger partial charge in [-0.05, 0) is 30.7 Å². The quantitative estimate of drug-likeness (QED) is 0.665. The maximum Gasteiger partial charge on any atom is 0.416 e. The van der Waals surface area contributed by atoms with Crippen molar-refractivity contribution in [2.24, 2.45) is 0 Å². The number of rotatable bonds is 4. The molecular formula is C14H11F3N2O4S. The molecule has 0 fully saturated rings. The van der Waals surface area contributed by atoms with Crippen molar-refractivity contribution >= 4 is 21.4 Å². The van der Waals surface area contributed by atoms with Crippen molar-refractivity contribution < 1.29 is 26.5 Å². The van der Waals surface area contributed by atoms with E-state index in [1.807, 2.05) is 4.72 Å². The van der Waals surface area contributed by atoms with E-state index in [2.05, 4.69) is 0 Å². The summed E-state index contributed by atoms with van der Waals surface area (Å²) >= 11 is 0. The average Bonchev–Trinajstić information content (AvgIpc) is 2.45. The molecule has 0 aliphatic rings. The Morgan fingerprint density at radius 1 is 1.12 bits per heavy atom. The third kappa shape index (κ3) is 3.65. The van der Waals surface area contributed by atoms with Crippen molar-refractivity contribution in [2.45, 2.75) is 18.0 Å². The molecule has 0 heterocycles. The zero-order valence-corrected chi connectivity index (χ0v) is 13.0. The molecule has 128 valence electrons. The van der Waals surface area contributed by atoms with Crippen LogP contribution < -0.4 is 4.72 Å². The van der Waals surface area contributed by atoms with Gasteiger partial charge in [-0.3, -0.25) is 14.8 Å². The lowest BCUT2D eigenvalue weighted by atomic mass is 10.2. The zero-order valence-electron chi connectivity index (χ0n) is 12.2. The predicted octanol–water partition coefficient (Wildman–Crippen LogP) is 3.72. The van der Waals surface area contributed by atoms with Crippen molar-refractivity contribution in [1.29, 1.82) is 0 Å². The van der Waals surface area contributed by atoms with Gasteiger partial charge in [-0.25, -0.2) is 8.42 Å². The number of nitrogens with one attached hydrogen (secondary N) is 1. The smallest absolute Gasteiger partial charge is 0.279 e. The topological polar surface area (TPSA) is 89.3 Å². The van der Waals surface area contributed by atoms with E-state index in [1.54, 1.807) is 0 Å². The number of aryl methyl sites for hydroxylation is 1. The number of anilines is 1. The van der Waals surface area contributed by atoms with Crippen molar-refractivity contribution in [3.63, 3.8) is 0 Å². The molecule has 0 aliphatic carbocycles. The number of halogens is 3. The summed E-state index contributed by atoms with van der Waals surface area (Å²) in [6.07, 6.45) is -4.64. The molecule has 0 unspecified atom stereocenters. The van der Waals surface area contributed by atoms with Crippen LogP contribution in [0.4, 0.5) is 24.5 Å². The van der Waals surface area contributed by atoms with Crippen LogP contribution in [-0.4, -0.2) is 13.3 Å². The molecule has 1 N–H and O–H groups in total. The van der Waals surface area contributed by atoms with Gasteiger partial charge in [-0.15, -0.1) is 0 Å². The minimum Gasteiger partial charge on any atom is -0.279 e. The SMILES string of the molecule is Cc1cccc([N+](=O)[O-])c1S(=O)(=O)Nc1cccc(C(F)(F)F)c1. The van der Waals surface area contributed by atoms with E-state index >= 15 is 0 Å². The highest BCUT2D eigenvalue weighted by atomic mass is 32.2. The second-order valence-electron chi connectivity index (χ2n) is 4.86. The van der Waals surface area contributed by atoms with Crippen LogP contribution in [0.15, 0.2) is 47.4 Å². The maximum absolute atomic E-state index is 12.7. The Morgan fingerprint density at radius 3 is 2.33 bits per heavy atom. The van der Waals surface area contributed by atoms with Crippen LogP contribution >= 0.6 is 0 Å². The van der Waals surface area contributed by atoms with Crippen LogP contribution in [0.2, 0.25) is 0 Å². The predicted molar refractivity (Wildman–Crippen MR) is 80.1 cm³/mol. The molecule has 0 radical (unpaired) electrons. The Kier molecular flexibility index (Phi) is 4.52. The fraction of sp³-hybridized carbons (Fsp3) is 0.143. The average molecular weight is 360 g/mol. The lowest BCUT2D eigenvalue weighted by molar-refractivity contribution is -0.387. The highest BCUT2D eigenvalue weighted by molar-refractivity contribution is 7.93. The number of sulfonamides is 1. The van der Waals surface area contributed by atoms with E-state index in [0.29, 0.717) is 6.07 Å². The van der Waals surface area contributed by atoms with Gasteiger partial charge in [0.2, 0.25) is 0 Å². The molecule has 10 heteroatoms. The third-order valence-corrected chi connectivity index (χ3v) is 4.67. The largest absolute Gasteiger partial charge is 0.416 e.